The number of benzene rings is 1. The largest absolute Gasteiger partial charge is 0.495 e. The van der Waals surface area contributed by atoms with Gasteiger partial charge >= 0.3 is 0 Å². The van der Waals surface area contributed by atoms with Crippen molar-refractivity contribution < 1.29 is 17.9 Å². The number of nitrogens with one attached hydrogen (secondary N) is 1. The van der Waals surface area contributed by atoms with Crippen molar-refractivity contribution in [3.05, 3.63) is 54.6 Å². The molecule has 9 heteroatoms. The Kier molecular flexibility index (Phi) is 5.25. The van der Waals surface area contributed by atoms with Gasteiger partial charge in [0.15, 0.2) is 5.69 Å². The zero-order chi connectivity index (χ0) is 20.4. The third kappa shape index (κ3) is 3.70. The molecule has 8 nitrogen and oxygen atoms in total. The van der Waals surface area contributed by atoms with Crippen LogP contribution in [0.2, 0.25) is 0 Å². The van der Waals surface area contributed by atoms with Gasteiger partial charge < -0.3 is 14.5 Å². The molecule has 1 amide bonds. The zero-order valence-corrected chi connectivity index (χ0v) is 16.9. The van der Waals surface area contributed by atoms with Gasteiger partial charge in [-0.1, -0.05) is 12.5 Å². The molecule has 0 radical (unpaired) electrons. The monoisotopic (exact) mass is 414 g/mol. The molecular weight excluding hydrogens is 392 g/mol. The Morgan fingerprint density at radius 1 is 1.14 bits per heavy atom. The fraction of sp³-hybridized carbons (Fsp3) is 0.300. The van der Waals surface area contributed by atoms with Crippen molar-refractivity contribution in [1.29, 1.82) is 0 Å². The fourth-order valence-corrected chi connectivity index (χ4v) is 5.04. The van der Waals surface area contributed by atoms with Crippen LogP contribution in [0.5, 0.6) is 5.75 Å². The maximum Gasteiger partial charge on any atom is 0.276 e. The molecule has 0 bridgehead atoms. The van der Waals surface area contributed by atoms with E-state index in [0.29, 0.717) is 24.4 Å². The minimum absolute atomic E-state index is 0.130. The van der Waals surface area contributed by atoms with E-state index in [4.69, 9.17) is 4.74 Å². The molecule has 0 atom stereocenters. The molecule has 2 aromatic heterocycles. The number of aromatic nitrogens is 2. The van der Waals surface area contributed by atoms with Crippen molar-refractivity contribution >= 4 is 27.1 Å². The molecule has 1 saturated heterocycles. The van der Waals surface area contributed by atoms with Gasteiger partial charge in [0.25, 0.3) is 5.91 Å². The SMILES string of the molecule is COc1ccc(S(=O)(=O)N2CCCCC2)cc1NC(=O)c1ncn2ccccc12. The van der Waals surface area contributed by atoms with E-state index < -0.39 is 15.9 Å². The molecule has 3 heterocycles. The van der Waals surface area contributed by atoms with Gasteiger partial charge in [-0.05, 0) is 43.2 Å². The van der Waals surface area contributed by atoms with Crippen LogP contribution in [-0.4, -0.2) is 48.2 Å². The van der Waals surface area contributed by atoms with Crippen molar-refractivity contribution in [2.24, 2.45) is 0 Å². The second-order valence-corrected chi connectivity index (χ2v) is 8.81. The summed E-state index contributed by atoms with van der Waals surface area (Å²) in [5.74, 6) is -0.0658. The summed E-state index contributed by atoms with van der Waals surface area (Å²) in [4.78, 5) is 17.1. The number of nitrogens with zero attached hydrogens (tertiary/aromatic N) is 3. The van der Waals surface area contributed by atoms with E-state index >= 15 is 0 Å². The maximum atomic E-state index is 13.0. The Labute approximate surface area is 169 Å². The highest BCUT2D eigenvalue weighted by Gasteiger charge is 2.27. The average molecular weight is 414 g/mol. The second kappa shape index (κ2) is 7.84. The zero-order valence-electron chi connectivity index (χ0n) is 16.0. The van der Waals surface area contributed by atoms with Crippen LogP contribution < -0.4 is 10.1 Å². The minimum atomic E-state index is -3.63. The number of fused-ring (bicyclic) bond motifs is 1. The summed E-state index contributed by atoms with van der Waals surface area (Å²) in [6.45, 7) is 1.02. The van der Waals surface area contributed by atoms with E-state index in [0.717, 1.165) is 19.3 Å². The van der Waals surface area contributed by atoms with E-state index in [-0.39, 0.29) is 16.3 Å². The van der Waals surface area contributed by atoms with Gasteiger partial charge in [0.1, 0.15) is 12.1 Å². The summed E-state index contributed by atoms with van der Waals surface area (Å²) in [6, 6.07) is 9.95. The lowest BCUT2D eigenvalue weighted by atomic mass is 10.2. The number of methoxy groups -OCH3 is 1. The number of amides is 1. The Balaban J connectivity index is 1.66. The molecule has 3 aromatic rings. The van der Waals surface area contributed by atoms with Gasteiger partial charge in [-0.2, -0.15) is 4.31 Å². The van der Waals surface area contributed by atoms with E-state index in [2.05, 4.69) is 10.3 Å². The average Bonchev–Trinajstić information content (AvgIpc) is 3.18. The predicted octanol–water partition coefficient (Wildman–Crippen LogP) is 2.77. The maximum absolute atomic E-state index is 13.0. The summed E-state index contributed by atoms with van der Waals surface area (Å²) in [6.07, 6.45) is 6.09. The smallest absolute Gasteiger partial charge is 0.276 e. The highest BCUT2D eigenvalue weighted by atomic mass is 32.2. The molecule has 1 N–H and O–H groups in total. The summed E-state index contributed by atoms with van der Waals surface area (Å²) in [7, 11) is -2.16. The highest BCUT2D eigenvalue weighted by molar-refractivity contribution is 7.89. The normalized spacial score (nSPS) is 15.3. The molecule has 0 spiro atoms. The molecule has 0 aliphatic carbocycles. The quantitative estimate of drug-likeness (QED) is 0.693. The second-order valence-electron chi connectivity index (χ2n) is 6.87. The minimum Gasteiger partial charge on any atom is -0.495 e. The van der Waals surface area contributed by atoms with Crippen molar-refractivity contribution in [2.75, 3.05) is 25.5 Å². The Hall–Kier alpha value is -2.91. The Bertz CT molecular complexity index is 1150. The van der Waals surface area contributed by atoms with E-state index in [9.17, 15) is 13.2 Å². The van der Waals surface area contributed by atoms with Crippen LogP contribution in [0.4, 0.5) is 5.69 Å². The number of carbonyl (C=O) groups excluding carboxylic acids is 1. The summed E-state index contributed by atoms with van der Waals surface area (Å²) < 4.78 is 34.5. The van der Waals surface area contributed by atoms with Crippen LogP contribution in [0.25, 0.3) is 5.52 Å². The van der Waals surface area contributed by atoms with Crippen molar-refractivity contribution in [2.45, 2.75) is 24.2 Å². The van der Waals surface area contributed by atoms with E-state index in [1.54, 1.807) is 29.1 Å². The lowest BCUT2D eigenvalue weighted by molar-refractivity contribution is 0.102. The molecule has 1 aliphatic heterocycles. The van der Waals surface area contributed by atoms with Gasteiger partial charge in [-0.15, -0.1) is 0 Å². The molecule has 4 rings (SSSR count). The standard InChI is InChI=1S/C20H22N4O4S/c1-28-18-9-8-15(29(26,27)24-11-4-2-5-12-24)13-16(18)22-20(25)19-17-7-3-6-10-23(17)14-21-19/h3,6-10,13-14H,2,4-5,11-12H2,1H3,(H,22,25). The van der Waals surface area contributed by atoms with Gasteiger partial charge in [0.05, 0.1) is 23.2 Å². The first-order valence-electron chi connectivity index (χ1n) is 9.42. The molecule has 1 aromatic carbocycles. The first kappa shape index (κ1) is 19.4. The molecule has 152 valence electrons. The van der Waals surface area contributed by atoms with Crippen LogP contribution in [0, 0.1) is 0 Å². The lowest BCUT2D eigenvalue weighted by Gasteiger charge is -2.26. The van der Waals surface area contributed by atoms with Gasteiger partial charge in [0.2, 0.25) is 10.0 Å². The van der Waals surface area contributed by atoms with E-state index in [1.807, 2.05) is 12.1 Å². The van der Waals surface area contributed by atoms with Crippen LogP contribution in [0.1, 0.15) is 29.8 Å². The number of sulfonamides is 1. The van der Waals surface area contributed by atoms with Crippen LogP contribution in [0.3, 0.4) is 0 Å². The molecular formula is C20H22N4O4S. The van der Waals surface area contributed by atoms with Crippen LogP contribution in [0.15, 0.2) is 53.8 Å². The Morgan fingerprint density at radius 3 is 2.69 bits per heavy atom. The molecule has 29 heavy (non-hydrogen) atoms. The third-order valence-electron chi connectivity index (χ3n) is 5.03. The predicted molar refractivity (Wildman–Crippen MR) is 109 cm³/mol. The number of anilines is 1. The fourth-order valence-electron chi connectivity index (χ4n) is 3.50. The highest BCUT2D eigenvalue weighted by Crippen LogP contribution is 2.30. The number of pyridine rings is 1. The number of hydrogen-bond donors (Lipinski definition) is 1. The first-order chi connectivity index (χ1) is 14.0. The molecule has 1 aliphatic rings. The first-order valence-corrected chi connectivity index (χ1v) is 10.9. The van der Waals surface area contributed by atoms with Crippen molar-refractivity contribution in [3.8, 4) is 5.75 Å². The number of piperidine rings is 1. The van der Waals surface area contributed by atoms with Crippen molar-refractivity contribution in [1.82, 2.24) is 13.7 Å². The molecule has 0 saturated carbocycles. The molecule has 0 unspecified atom stereocenters. The summed E-state index contributed by atoms with van der Waals surface area (Å²) in [5, 5.41) is 2.75. The number of rotatable bonds is 5. The van der Waals surface area contributed by atoms with E-state index in [1.165, 1.54) is 23.5 Å². The lowest BCUT2D eigenvalue weighted by Crippen LogP contribution is -2.35. The summed E-state index contributed by atoms with van der Waals surface area (Å²) >= 11 is 0. The third-order valence-corrected chi connectivity index (χ3v) is 6.93. The Morgan fingerprint density at radius 2 is 1.93 bits per heavy atom. The molecule has 1 fully saturated rings. The van der Waals surface area contributed by atoms with Gasteiger partial charge in [-0.3, -0.25) is 4.79 Å². The topological polar surface area (TPSA) is 93.0 Å². The van der Waals surface area contributed by atoms with Crippen LogP contribution in [-0.2, 0) is 10.0 Å². The summed E-state index contributed by atoms with van der Waals surface area (Å²) in [5.41, 5.74) is 1.19. The number of imidazole rings is 1. The number of carbonyl (C=O) groups is 1. The van der Waals surface area contributed by atoms with Crippen LogP contribution >= 0.6 is 0 Å². The van der Waals surface area contributed by atoms with Crippen molar-refractivity contribution in [3.63, 3.8) is 0 Å². The number of ether oxygens (including phenoxy) is 1. The van der Waals surface area contributed by atoms with Gasteiger partial charge in [0, 0.05) is 19.3 Å². The van der Waals surface area contributed by atoms with Gasteiger partial charge in [-0.25, -0.2) is 13.4 Å². The number of hydrogen-bond acceptors (Lipinski definition) is 5.